The van der Waals surface area contributed by atoms with Crippen LogP contribution in [0.25, 0.3) is 11.1 Å². The zero-order valence-electron chi connectivity index (χ0n) is 20.3. The topological polar surface area (TPSA) is 66.8 Å². The molecule has 1 amide bonds. The minimum Gasteiger partial charge on any atom is -0.490 e. The zero-order valence-corrected chi connectivity index (χ0v) is 20.3. The van der Waals surface area contributed by atoms with Gasteiger partial charge in [-0.1, -0.05) is 68.4 Å². The van der Waals surface area contributed by atoms with Crippen LogP contribution in [0, 0.1) is 5.92 Å². The Balaban J connectivity index is 2.08. The summed E-state index contributed by atoms with van der Waals surface area (Å²) in [6.45, 7) is 7.98. The summed E-state index contributed by atoms with van der Waals surface area (Å²) in [7, 11) is 0. The number of carbonyl (C=O) groups is 2. The Morgan fingerprint density at radius 2 is 1.59 bits per heavy atom. The highest BCUT2D eigenvalue weighted by molar-refractivity contribution is 5.98. The normalized spacial score (nSPS) is 11.0. The first-order chi connectivity index (χ1) is 16.2. The fourth-order valence-electron chi connectivity index (χ4n) is 3.99. The fourth-order valence-corrected chi connectivity index (χ4v) is 3.99. The van der Waals surface area contributed by atoms with Crippen LogP contribution < -0.4 is 4.74 Å². The first-order valence-corrected chi connectivity index (χ1v) is 11.7. The van der Waals surface area contributed by atoms with Crippen LogP contribution in [-0.4, -0.2) is 41.1 Å². The molecule has 0 unspecified atom stereocenters. The van der Waals surface area contributed by atoms with Crippen molar-refractivity contribution >= 4 is 11.9 Å². The third kappa shape index (κ3) is 6.70. The molecule has 3 rings (SSSR count). The number of hydrogen-bond donors (Lipinski definition) is 1. The predicted molar refractivity (Wildman–Crippen MR) is 135 cm³/mol. The van der Waals surface area contributed by atoms with E-state index in [9.17, 15) is 14.7 Å². The number of para-hydroxylation sites is 1. The van der Waals surface area contributed by atoms with Crippen LogP contribution in [0.5, 0.6) is 5.75 Å². The van der Waals surface area contributed by atoms with Crippen molar-refractivity contribution in [2.24, 2.45) is 5.92 Å². The van der Waals surface area contributed by atoms with Gasteiger partial charge in [0.15, 0.2) is 0 Å². The molecule has 0 spiro atoms. The molecule has 5 nitrogen and oxygen atoms in total. The molecule has 178 valence electrons. The van der Waals surface area contributed by atoms with Crippen molar-refractivity contribution in [3.8, 4) is 16.9 Å². The molecular weight excluding hydrogens is 426 g/mol. The van der Waals surface area contributed by atoms with Crippen molar-refractivity contribution in [1.29, 1.82) is 0 Å². The van der Waals surface area contributed by atoms with Crippen LogP contribution in [-0.2, 0) is 11.2 Å². The van der Waals surface area contributed by atoms with Gasteiger partial charge in [-0.25, -0.2) is 0 Å². The molecule has 0 aliphatic heterocycles. The number of carboxylic acid groups (broad SMARTS) is 1. The lowest BCUT2D eigenvalue weighted by Gasteiger charge is -2.24. The number of carboxylic acids is 1. The van der Waals surface area contributed by atoms with E-state index in [2.05, 4.69) is 0 Å². The summed E-state index contributed by atoms with van der Waals surface area (Å²) in [5.74, 6) is -0.343. The second-order valence-corrected chi connectivity index (χ2v) is 9.17. The van der Waals surface area contributed by atoms with E-state index in [0.717, 1.165) is 28.0 Å². The second kappa shape index (κ2) is 11.5. The first kappa shape index (κ1) is 25.0. The zero-order chi connectivity index (χ0) is 24.7. The second-order valence-electron chi connectivity index (χ2n) is 9.17. The summed E-state index contributed by atoms with van der Waals surface area (Å²) >= 11 is 0. The van der Waals surface area contributed by atoms with Gasteiger partial charge >= 0.3 is 5.97 Å². The summed E-state index contributed by atoms with van der Waals surface area (Å²) in [6, 6.07) is 23.6. The standard InChI is InChI=1S/C29H33NO4/c1-20(2)18-30(19-28(31)32)29(33)26-15-14-23(17-24(26)16-22-10-6-5-7-11-22)25-12-8-9-13-27(25)34-21(3)4/h5-15,17,20-21H,16,18-19H2,1-4H3,(H,31,32). The van der Waals surface area contributed by atoms with E-state index in [-0.39, 0.29) is 24.5 Å². The Hall–Kier alpha value is -3.60. The number of amides is 1. The van der Waals surface area contributed by atoms with Crippen LogP contribution in [0.4, 0.5) is 0 Å². The number of rotatable bonds is 10. The SMILES string of the molecule is CC(C)CN(CC(=O)O)C(=O)c1ccc(-c2ccccc2OC(C)C)cc1Cc1ccccc1. The molecule has 0 bridgehead atoms. The van der Waals surface area contributed by atoms with Crippen LogP contribution in [0.15, 0.2) is 72.8 Å². The molecule has 3 aromatic rings. The number of ether oxygens (including phenoxy) is 1. The maximum absolute atomic E-state index is 13.5. The summed E-state index contributed by atoms with van der Waals surface area (Å²) in [4.78, 5) is 26.4. The molecule has 0 saturated carbocycles. The van der Waals surface area contributed by atoms with Gasteiger partial charge in [-0.15, -0.1) is 0 Å². The molecule has 0 aromatic heterocycles. The first-order valence-electron chi connectivity index (χ1n) is 11.7. The van der Waals surface area contributed by atoms with Gasteiger partial charge in [0.2, 0.25) is 0 Å². The highest BCUT2D eigenvalue weighted by atomic mass is 16.5. The van der Waals surface area contributed by atoms with Crippen molar-refractivity contribution in [2.75, 3.05) is 13.1 Å². The molecule has 3 aromatic carbocycles. The summed E-state index contributed by atoms with van der Waals surface area (Å²) in [6.07, 6.45) is 0.595. The van der Waals surface area contributed by atoms with Crippen LogP contribution in [0.1, 0.15) is 49.2 Å². The Bertz CT molecular complexity index is 1120. The molecule has 5 heteroatoms. The molecule has 1 N–H and O–H groups in total. The average Bonchev–Trinajstić information content (AvgIpc) is 2.78. The van der Waals surface area contributed by atoms with E-state index >= 15 is 0 Å². The van der Waals surface area contributed by atoms with Crippen LogP contribution >= 0.6 is 0 Å². The Morgan fingerprint density at radius 3 is 2.24 bits per heavy atom. The minimum atomic E-state index is -1.02. The van der Waals surface area contributed by atoms with Crippen molar-refractivity contribution in [3.05, 3.63) is 89.5 Å². The summed E-state index contributed by atoms with van der Waals surface area (Å²) < 4.78 is 6.02. The predicted octanol–water partition coefficient (Wildman–Crippen LogP) is 5.91. The van der Waals surface area contributed by atoms with Gasteiger partial charge in [-0.2, -0.15) is 0 Å². The molecule has 0 saturated heterocycles. The molecule has 34 heavy (non-hydrogen) atoms. The number of hydrogen-bond acceptors (Lipinski definition) is 3. The minimum absolute atomic E-state index is 0.0337. The van der Waals surface area contributed by atoms with E-state index < -0.39 is 5.97 Å². The van der Waals surface area contributed by atoms with Crippen molar-refractivity contribution in [2.45, 2.75) is 40.2 Å². The highest BCUT2D eigenvalue weighted by Gasteiger charge is 2.23. The Morgan fingerprint density at radius 1 is 0.912 bits per heavy atom. The lowest BCUT2D eigenvalue weighted by Crippen LogP contribution is -2.38. The monoisotopic (exact) mass is 459 g/mol. The lowest BCUT2D eigenvalue weighted by molar-refractivity contribution is -0.137. The molecule has 0 aliphatic rings. The maximum Gasteiger partial charge on any atom is 0.323 e. The van der Waals surface area contributed by atoms with Crippen LogP contribution in [0.3, 0.4) is 0 Å². The van der Waals surface area contributed by atoms with Gasteiger partial charge < -0.3 is 14.7 Å². The molecule has 0 aliphatic carbocycles. The Kier molecular flexibility index (Phi) is 8.47. The largest absolute Gasteiger partial charge is 0.490 e. The van der Waals surface area contributed by atoms with E-state index in [1.807, 2.05) is 100 Å². The number of benzene rings is 3. The van der Waals surface area contributed by atoms with Gasteiger partial charge in [-0.05, 0) is 61.1 Å². The van der Waals surface area contributed by atoms with Crippen LogP contribution in [0.2, 0.25) is 0 Å². The van der Waals surface area contributed by atoms with Gasteiger partial charge in [0.1, 0.15) is 12.3 Å². The van der Waals surface area contributed by atoms with Gasteiger partial charge in [0, 0.05) is 17.7 Å². The molecule has 0 atom stereocenters. The summed E-state index contributed by atoms with van der Waals surface area (Å²) in [5.41, 5.74) is 4.36. The quantitative estimate of drug-likeness (QED) is 0.409. The number of carbonyl (C=O) groups excluding carboxylic acids is 1. The maximum atomic E-state index is 13.5. The fraction of sp³-hybridized carbons (Fsp3) is 0.310. The molecule has 0 radical (unpaired) electrons. The highest BCUT2D eigenvalue weighted by Crippen LogP contribution is 2.33. The van der Waals surface area contributed by atoms with Crippen molar-refractivity contribution in [3.63, 3.8) is 0 Å². The molecular formula is C29H33NO4. The smallest absolute Gasteiger partial charge is 0.323 e. The third-order valence-corrected chi connectivity index (χ3v) is 5.33. The number of nitrogens with zero attached hydrogens (tertiary/aromatic N) is 1. The van der Waals surface area contributed by atoms with E-state index in [1.54, 1.807) is 0 Å². The molecule has 0 heterocycles. The average molecular weight is 460 g/mol. The number of aliphatic carboxylic acids is 1. The molecule has 0 fully saturated rings. The van der Waals surface area contributed by atoms with Crippen molar-refractivity contribution < 1.29 is 19.4 Å². The van der Waals surface area contributed by atoms with E-state index in [1.165, 1.54) is 4.90 Å². The third-order valence-electron chi connectivity index (χ3n) is 5.33. The van der Waals surface area contributed by atoms with Gasteiger partial charge in [0.05, 0.1) is 6.10 Å². The van der Waals surface area contributed by atoms with E-state index in [4.69, 9.17) is 4.74 Å². The van der Waals surface area contributed by atoms with Crippen molar-refractivity contribution in [1.82, 2.24) is 4.90 Å². The van der Waals surface area contributed by atoms with Gasteiger partial charge in [-0.3, -0.25) is 9.59 Å². The summed E-state index contributed by atoms with van der Waals surface area (Å²) in [5, 5.41) is 9.38. The van der Waals surface area contributed by atoms with E-state index in [0.29, 0.717) is 18.5 Å². The lowest BCUT2D eigenvalue weighted by atomic mass is 9.93. The van der Waals surface area contributed by atoms with Gasteiger partial charge in [0.25, 0.3) is 5.91 Å². The Labute approximate surface area is 202 Å².